The van der Waals surface area contributed by atoms with Gasteiger partial charge in [-0.25, -0.2) is 23.7 Å². The van der Waals surface area contributed by atoms with Crippen molar-refractivity contribution in [2.75, 3.05) is 19.7 Å². The summed E-state index contributed by atoms with van der Waals surface area (Å²) in [6, 6.07) is 6.21. The molecule has 1 aliphatic heterocycles. The topological polar surface area (TPSA) is 77.8 Å². The van der Waals surface area contributed by atoms with Crippen LogP contribution >= 0.6 is 0 Å². The molecule has 0 aliphatic carbocycles. The summed E-state index contributed by atoms with van der Waals surface area (Å²) in [5.41, 5.74) is 2.78. The highest BCUT2D eigenvalue weighted by Gasteiger charge is 2.20. The summed E-state index contributed by atoms with van der Waals surface area (Å²) in [6.45, 7) is 6.20. The number of nitrogens with zero attached hydrogens (tertiary/aromatic N) is 5. The molecule has 0 saturated carbocycles. The van der Waals surface area contributed by atoms with Gasteiger partial charge in [-0.05, 0) is 26.0 Å². The minimum absolute atomic E-state index is 0.164. The second-order valence-electron chi connectivity index (χ2n) is 8.03. The largest absolute Gasteiger partial charge is 0.493 e. The molecule has 1 aromatic carbocycles. The van der Waals surface area contributed by atoms with Crippen LogP contribution in [0.3, 0.4) is 0 Å². The fourth-order valence-electron chi connectivity index (χ4n) is 3.78. The van der Waals surface area contributed by atoms with Gasteiger partial charge in [-0.15, -0.1) is 0 Å². The van der Waals surface area contributed by atoms with Crippen molar-refractivity contribution < 1.29 is 13.5 Å². The minimum atomic E-state index is -0.477. The van der Waals surface area contributed by atoms with Gasteiger partial charge in [-0.2, -0.15) is 0 Å². The summed E-state index contributed by atoms with van der Waals surface area (Å²) in [5.74, 6) is 1.12. The molecule has 1 N–H and O–H groups in total. The van der Waals surface area contributed by atoms with Crippen molar-refractivity contribution in [2.45, 2.75) is 20.4 Å². The van der Waals surface area contributed by atoms with E-state index in [1.165, 1.54) is 18.3 Å². The Morgan fingerprint density at radius 2 is 1.94 bits per heavy atom. The van der Waals surface area contributed by atoms with Gasteiger partial charge in [-0.1, -0.05) is 6.07 Å². The molecule has 32 heavy (non-hydrogen) atoms. The van der Waals surface area contributed by atoms with Gasteiger partial charge in [-0.3, -0.25) is 4.98 Å². The highest BCUT2D eigenvalue weighted by molar-refractivity contribution is 5.79. The molecule has 0 amide bonds. The Morgan fingerprint density at radius 3 is 2.66 bits per heavy atom. The number of hydrogen-bond donors (Lipinski definition) is 1. The third-order valence-electron chi connectivity index (χ3n) is 5.55. The van der Waals surface area contributed by atoms with Crippen LogP contribution in [0.1, 0.15) is 17.1 Å². The summed E-state index contributed by atoms with van der Waals surface area (Å²) in [4.78, 5) is 17.5. The van der Waals surface area contributed by atoms with E-state index < -0.39 is 5.82 Å². The lowest BCUT2D eigenvalue weighted by atomic mass is 10.1. The van der Waals surface area contributed by atoms with Crippen LogP contribution in [-0.4, -0.2) is 44.2 Å². The maximum Gasteiger partial charge on any atom is 0.164 e. The Bertz CT molecular complexity index is 1300. The predicted octanol–water partition coefficient (Wildman–Crippen LogP) is 3.43. The number of rotatable bonds is 6. The zero-order valence-corrected chi connectivity index (χ0v) is 17.8. The third kappa shape index (κ3) is 3.91. The maximum absolute atomic E-state index is 15.0. The number of aromatic nitrogens is 5. The first kappa shape index (κ1) is 20.4. The lowest BCUT2D eigenvalue weighted by Crippen LogP contribution is -2.45. The van der Waals surface area contributed by atoms with Crippen molar-refractivity contribution in [2.24, 2.45) is 5.92 Å². The van der Waals surface area contributed by atoms with Gasteiger partial charge in [0.05, 0.1) is 25.0 Å². The van der Waals surface area contributed by atoms with Gasteiger partial charge < -0.3 is 14.6 Å². The van der Waals surface area contributed by atoms with Crippen molar-refractivity contribution in [3.8, 4) is 17.1 Å². The fraction of sp³-hybridized carbons (Fsp3) is 0.304. The number of fused-ring (bicyclic) bond motifs is 1. The molecule has 164 valence electrons. The van der Waals surface area contributed by atoms with E-state index in [4.69, 9.17) is 4.74 Å². The van der Waals surface area contributed by atoms with Crippen LogP contribution in [0, 0.1) is 31.4 Å². The number of hydrogen-bond acceptors (Lipinski definition) is 6. The number of aryl methyl sites for hydroxylation is 2. The standard InChI is InChI=1S/C23H22F2N6O/c1-13-21-23(29-14(2)28-13)31(22(30-21)17-5-18(24)10-27-9-17)11-16-3-4-19(6-20(16)25)32-12-15-7-26-8-15/h3-6,9-10,15,26H,7-8,11-12H2,1-2H3. The SMILES string of the molecule is Cc1nc(C)c2nc(-c3cncc(F)c3)n(Cc3ccc(OCC4CNC4)cc3F)c2n1. The van der Waals surface area contributed by atoms with Gasteiger partial charge in [0.1, 0.15) is 34.5 Å². The zero-order chi connectivity index (χ0) is 22.2. The molecule has 1 saturated heterocycles. The Morgan fingerprint density at radius 1 is 1.09 bits per heavy atom. The number of ether oxygens (including phenoxy) is 1. The molecule has 4 aromatic rings. The van der Waals surface area contributed by atoms with Crippen molar-refractivity contribution in [1.29, 1.82) is 0 Å². The van der Waals surface area contributed by atoms with E-state index in [-0.39, 0.29) is 12.4 Å². The molecule has 1 aliphatic rings. The summed E-state index contributed by atoms with van der Waals surface area (Å²) in [7, 11) is 0. The normalized spacial score (nSPS) is 14.0. The molecule has 0 bridgehead atoms. The molecular formula is C23H22F2N6O. The Kier molecular flexibility index (Phi) is 5.26. The molecule has 0 unspecified atom stereocenters. The second-order valence-corrected chi connectivity index (χ2v) is 8.03. The van der Waals surface area contributed by atoms with E-state index in [9.17, 15) is 8.78 Å². The van der Waals surface area contributed by atoms with Gasteiger partial charge in [0.2, 0.25) is 0 Å². The first-order chi connectivity index (χ1) is 15.5. The van der Waals surface area contributed by atoms with Crippen molar-refractivity contribution in [3.63, 3.8) is 0 Å². The van der Waals surface area contributed by atoms with E-state index in [1.54, 1.807) is 23.6 Å². The van der Waals surface area contributed by atoms with Crippen LogP contribution in [0.15, 0.2) is 36.7 Å². The van der Waals surface area contributed by atoms with Gasteiger partial charge in [0, 0.05) is 42.4 Å². The summed E-state index contributed by atoms with van der Waals surface area (Å²) < 4.78 is 36.4. The van der Waals surface area contributed by atoms with E-state index >= 15 is 0 Å². The predicted molar refractivity (Wildman–Crippen MR) is 115 cm³/mol. The molecule has 3 aromatic heterocycles. The van der Waals surface area contributed by atoms with Crippen LogP contribution in [0.2, 0.25) is 0 Å². The minimum Gasteiger partial charge on any atom is -0.493 e. The molecule has 0 radical (unpaired) electrons. The monoisotopic (exact) mass is 436 g/mol. The number of benzene rings is 1. The number of imidazole rings is 1. The number of pyridine rings is 1. The van der Waals surface area contributed by atoms with Crippen LogP contribution in [0.5, 0.6) is 5.75 Å². The highest BCUT2D eigenvalue weighted by atomic mass is 19.1. The van der Waals surface area contributed by atoms with E-state index in [0.717, 1.165) is 19.3 Å². The van der Waals surface area contributed by atoms with E-state index in [0.29, 0.717) is 57.9 Å². The van der Waals surface area contributed by atoms with Crippen LogP contribution in [-0.2, 0) is 6.54 Å². The Labute approximate surface area is 183 Å². The molecule has 0 atom stereocenters. The third-order valence-corrected chi connectivity index (χ3v) is 5.55. The molecule has 7 nitrogen and oxygen atoms in total. The molecule has 0 spiro atoms. The molecule has 4 heterocycles. The molecule has 1 fully saturated rings. The van der Waals surface area contributed by atoms with Crippen LogP contribution in [0.4, 0.5) is 8.78 Å². The fourth-order valence-corrected chi connectivity index (χ4v) is 3.78. The van der Waals surface area contributed by atoms with Crippen molar-refractivity contribution in [3.05, 3.63) is 65.4 Å². The molecular weight excluding hydrogens is 414 g/mol. The van der Waals surface area contributed by atoms with Crippen LogP contribution < -0.4 is 10.1 Å². The van der Waals surface area contributed by atoms with E-state index in [2.05, 4.69) is 25.3 Å². The number of nitrogens with one attached hydrogen (secondary N) is 1. The summed E-state index contributed by atoms with van der Waals surface area (Å²) in [5, 5.41) is 3.19. The molecule has 5 rings (SSSR count). The van der Waals surface area contributed by atoms with Gasteiger partial charge in [0.15, 0.2) is 5.65 Å². The highest BCUT2D eigenvalue weighted by Crippen LogP contribution is 2.28. The lowest BCUT2D eigenvalue weighted by Gasteiger charge is -2.26. The average molecular weight is 436 g/mol. The van der Waals surface area contributed by atoms with E-state index in [1.807, 2.05) is 6.92 Å². The van der Waals surface area contributed by atoms with Gasteiger partial charge in [0.25, 0.3) is 0 Å². The van der Waals surface area contributed by atoms with Crippen LogP contribution in [0.25, 0.3) is 22.6 Å². The van der Waals surface area contributed by atoms with Gasteiger partial charge >= 0.3 is 0 Å². The summed E-state index contributed by atoms with van der Waals surface area (Å²) >= 11 is 0. The quantitative estimate of drug-likeness (QED) is 0.499. The summed E-state index contributed by atoms with van der Waals surface area (Å²) in [6.07, 6.45) is 2.66. The first-order valence-electron chi connectivity index (χ1n) is 10.4. The molecule has 9 heteroatoms. The Balaban J connectivity index is 1.53. The van der Waals surface area contributed by atoms with Crippen molar-refractivity contribution in [1.82, 2.24) is 29.8 Å². The smallest absolute Gasteiger partial charge is 0.164 e. The maximum atomic E-state index is 15.0. The lowest BCUT2D eigenvalue weighted by molar-refractivity contribution is 0.198. The zero-order valence-electron chi connectivity index (χ0n) is 17.8. The average Bonchev–Trinajstić information content (AvgIpc) is 3.07. The first-order valence-corrected chi connectivity index (χ1v) is 10.4. The number of halogens is 2. The Hall–Kier alpha value is -3.46. The van der Waals surface area contributed by atoms with Crippen molar-refractivity contribution >= 4 is 11.2 Å². The second kappa shape index (κ2) is 8.23.